The molecular formula is C23H28ClNO. The number of halogens is 1. The van der Waals surface area contributed by atoms with Crippen molar-refractivity contribution in [2.45, 2.75) is 37.5 Å². The number of rotatable bonds is 6. The fourth-order valence-corrected chi connectivity index (χ4v) is 4.66. The number of hydrogen-bond donors (Lipinski definition) is 0. The fourth-order valence-electron chi connectivity index (χ4n) is 4.53. The topological polar surface area (TPSA) is 12.5 Å². The van der Waals surface area contributed by atoms with Gasteiger partial charge in [0.15, 0.2) is 0 Å². The second-order valence-electron chi connectivity index (χ2n) is 8.01. The average molecular weight is 370 g/mol. The zero-order valence-electron chi connectivity index (χ0n) is 15.4. The lowest BCUT2D eigenvalue weighted by Gasteiger charge is -2.47. The summed E-state index contributed by atoms with van der Waals surface area (Å²) < 4.78 is 6.02. The molecule has 1 saturated heterocycles. The van der Waals surface area contributed by atoms with E-state index in [0.29, 0.717) is 11.3 Å². The Labute approximate surface area is 162 Å². The SMILES string of the molecule is Clc1ccc(C2(CN3CCC[C@H](COc4ccccc4)C3)CCC2)cc1. The molecule has 2 aliphatic rings. The zero-order chi connectivity index (χ0) is 17.8. The van der Waals surface area contributed by atoms with Gasteiger partial charge < -0.3 is 9.64 Å². The summed E-state index contributed by atoms with van der Waals surface area (Å²) in [5.74, 6) is 1.62. The van der Waals surface area contributed by atoms with Crippen molar-refractivity contribution in [1.29, 1.82) is 0 Å². The van der Waals surface area contributed by atoms with Crippen LogP contribution >= 0.6 is 11.6 Å². The van der Waals surface area contributed by atoms with Crippen LogP contribution in [0.3, 0.4) is 0 Å². The van der Waals surface area contributed by atoms with Crippen LogP contribution in [0, 0.1) is 5.92 Å². The second-order valence-corrected chi connectivity index (χ2v) is 8.44. The maximum Gasteiger partial charge on any atom is 0.119 e. The Morgan fingerprint density at radius 3 is 2.46 bits per heavy atom. The van der Waals surface area contributed by atoms with Gasteiger partial charge in [-0.2, -0.15) is 0 Å². The van der Waals surface area contributed by atoms with Crippen LogP contribution in [-0.2, 0) is 5.41 Å². The Balaban J connectivity index is 1.36. The third-order valence-corrected chi connectivity index (χ3v) is 6.38. The van der Waals surface area contributed by atoms with E-state index in [-0.39, 0.29) is 0 Å². The van der Waals surface area contributed by atoms with Crippen LogP contribution in [0.25, 0.3) is 0 Å². The van der Waals surface area contributed by atoms with Crippen LogP contribution in [0.4, 0.5) is 0 Å². The molecule has 2 aromatic rings. The number of likely N-dealkylation sites (tertiary alicyclic amines) is 1. The van der Waals surface area contributed by atoms with Crippen molar-refractivity contribution in [2.75, 3.05) is 26.2 Å². The first-order chi connectivity index (χ1) is 12.7. The van der Waals surface area contributed by atoms with Crippen LogP contribution in [0.1, 0.15) is 37.7 Å². The van der Waals surface area contributed by atoms with E-state index in [4.69, 9.17) is 16.3 Å². The smallest absolute Gasteiger partial charge is 0.119 e. The van der Waals surface area contributed by atoms with Crippen LogP contribution in [-0.4, -0.2) is 31.1 Å². The van der Waals surface area contributed by atoms with Gasteiger partial charge in [0, 0.05) is 29.4 Å². The Bertz CT molecular complexity index is 696. The number of ether oxygens (including phenoxy) is 1. The third-order valence-electron chi connectivity index (χ3n) is 6.13. The molecule has 26 heavy (non-hydrogen) atoms. The van der Waals surface area contributed by atoms with Gasteiger partial charge in [0.05, 0.1) is 6.61 Å². The molecule has 138 valence electrons. The average Bonchev–Trinajstić information content (AvgIpc) is 2.65. The minimum atomic E-state index is 0.340. The molecule has 0 aromatic heterocycles. The zero-order valence-corrected chi connectivity index (χ0v) is 16.1. The van der Waals surface area contributed by atoms with Crippen LogP contribution in [0.5, 0.6) is 5.75 Å². The van der Waals surface area contributed by atoms with E-state index in [1.807, 2.05) is 42.5 Å². The maximum absolute atomic E-state index is 6.09. The number of benzene rings is 2. The predicted molar refractivity (Wildman–Crippen MR) is 108 cm³/mol. The molecule has 2 nitrogen and oxygen atoms in total. The lowest BCUT2D eigenvalue weighted by molar-refractivity contribution is 0.0816. The molecule has 3 heteroatoms. The van der Waals surface area contributed by atoms with Crippen molar-refractivity contribution < 1.29 is 4.74 Å². The Kier molecular flexibility index (Phi) is 5.52. The molecule has 1 atom stereocenters. The normalized spacial score (nSPS) is 22.6. The largest absolute Gasteiger partial charge is 0.493 e. The number of nitrogens with zero attached hydrogens (tertiary/aromatic N) is 1. The highest BCUT2D eigenvalue weighted by molar-refractivity contribution is 6.30. The van der Waals surface area contributed by atoms with Crippen molar-refractivity contribution in [3.63, 3.8) is 0 Å². The summed E-state index contributed by atoms with van der Waals surface area (Å²) >= 11 is 6.09. The summed E-state index contributed by atoms with van der Waals surface area (Å²) in [6.07, 6.45) is 6.50. The Morgan fingerprint density at radius 1 is 1.00 bits per heavy atom. The molecule has 0 spiro atoms. The van der Waals surface area contributed by atoms with E-state index in [2.05, 4.69) is 17.0 Å². The number of piperidine rings is 1. The lowest BCUT2D eigenvalue weighted by Crippen LogP contribution is -2.49. The van der Waals surface area contributed by atoms with Gasteiger partial charge in [0.2, 0.25) is 0 Å². The van der Waals surface area contributed by atoms with E-state index < -0.39 is 0 Å². The third kappa shape index (κ3) is 4.07. The molecule has 2 fully saturated rings. The summed E-state index contributed by atoms with van der Waals surface area (Å²) in [7, 11) is 0. The van der Waals surface area contributed by atoms with Crippen molar-refractivity contribution in [1.82, 2.24) is 4.90 Å². The Hall–Kier alpha value is -1.51. The van der Waals surface area contributed by atoms with Gasteiger partial charge in [-0.1, -0.05) is 48.4 Å². The standard InChI is InChI=1S/C23H28ClNO/c24-21-11-9-20(10-12-21)23(13-5-14-23)18-25-15-4-6-19(16-25)17-26-22-7-2-1-3-8-22/h1-3,7-12,19H,4-6,13-18H2/t19-/m0/s1. The van der Waals surface area contributed by atoms with E-state index in [9.17, 15) is 0 Å². The molecule has 2 aromatic carbocycles. The fraction of sp³-hybridized carbons (Fsp3) is 0.478. The molecule has 0 bridgehead atoms. The maximum atomic E-state index is 6.09. The Morgan fingerprint density at radius 2 is 1.77 bits per heavy atom. The molecule has 1 aliphatic carbocycles. The van der Waals surface area contributed by atoms with E-state index >= 15 is 0 Å². The molecule has 1 aliphatic heterocycles. The highest BCUT2D eigenvalue weighted by Gasteiger charge is 2.40. The summed E-state index contributed by atoms with van der Waals surface area (Å²) in [6, 6.07) is 18.8. The number of hydrogen-bond acceptors (Lipinski definition) is 2. The molecule has 1 saturated carbocycles. The molecule has 0 radical (unpaired) electrons. The molecule has 0 amide bonds. The minimum absolute atomic E-state index is 0.340. The monoisotopic (exact) mass is 369 g/mol. The minimum Gasteiger partial charge on any atom is -0.493 e. The van der Waals surface area contributed by atoms with Crippen molar-refractivity contribution in [2.24, 2.45) is 5.92 Å². The van der Waals surface area contributed by atoms with Gasteiger partial charge in [-0.15, -0.1) is 0 Å². The van der Waals surface area contributed by atoms with Crippen LogP contribution in [0.15, 0.2) is 54.6 Å². The summed E-state index contributed by atoms with van der Waals surface area (Å²) in [5, 5.41) is 0.833. The molecule has 4 rings (SSSR count). The predicted octanol–water partition coefficient (Wildman–Crippen LogP) is 5.55. The first-order valence-electron chi connectivity index (χ1n) is 9.90. The van der Waals surface area contributed by atoms with Gasteiger partial charge in [-0.25, -0.2) is 0 Å². The van der Waals surface area contributed by atoms with Gasteiger partial charge in [0.25, 0.3) is 0 Å². The highest BCUT2D eigenvalue weighted by Crippen LogP contribution is 2.45. The van der Waals surface area contributed by atoms with Gasteiger partial charge in [0.1, 0.15) is 5.75 Å². The summed E-state index contributed by atoms with van der Waals surface area (Å²) in [6.45, 7) is 4.38. The van der Waals surface area contributed by atoms with Crippen LogP contribution < -0.4 is 4.74 Å². The second kappa shape index (κ2) is 8.02. The van der Waals surface area contributed by atoms with E-state index in [1.54, 1.807) is 0 Å². The van der Waals surface area contributed by atoms with Crippen molar-refractivity contribution in [3.05, 3.63) is 65.2 Å². The van der Waals surface area contributed by atoms with Gasteiger partial charge >= 0.3 is 0 Å². The van der Waals surface area contributed by atoms with Gasteiger partial charge in [-0.05, 0) is 62.1 Å². The first kappa shape index (κ1) is 17.9. The van der Waals surface area contributed by atoms with E-state index in [1.165, 1.54) is 50.8 Å². The molecular weight excluding hydrogens is 342 g/mol. The van der Waals surface area contributed by atoms with Gasteiger partial charge in [-0.3, -0.25) is 0 Å². The first-order valence-corrected chi connectivity index (χ1v) is 10.3. The lowest BCUT2D eigenvalue weighted by atomic mass is 9.64. The number of para-hydroxylation sites is 1. The molecule has 1 heterocycles. The quantitative estimate of drug-likeness (QED) is 0.661. The molecule has 0 unspecified atom stereocenters. The van der Waals surface area contributed by atoms with Crippen molar-refractivity contribution >= 4 is 11.6 Å². The molecule has 0 N–H and O–H groups in total. The van der Waals surface area contributed by atoms with Crippen LogP contribution in [0.2, 0.25) is 5.02 Å². The van der Waals surface area contributed by atoms with E-state index in [0.717, 1.165) is 23.9 Å². The summed E-state index contributed by atoms with van der Waals surface area (Å²) in [4.78, 5) is 2.68. The highest BCUT2D eigenvalue weighted by atomic mass is 35.5. The van der Waals surface area contributed by atoms with Crippen molar-refractivity contribution in [3.8, 4) is 5.75 Å². The summed E-state index contributed by atoms with van der Waals surface area (Å²) in [5.41, 5.74) is 1.81.